The molecule has 19 heavy (non-hydrogen) atoms. The monoisotopic (exact) mass is 259 g/mol. The van der Waals surface area contributed by atoms with Gasteiger partial charge in [0.15, 0.2) is 0 Å². The zero-order valence-corrected chi connectivity index (χ0v) is 11.2. The summed E-state index contributed by atoms with van der Waals surface area (Å²) in [7, 11) is 0. The Balaban J connectivity index is 1.70. The lowest BCUT2D eigenvalue weighted by Crippen LogP contribution is -2.28. The van der Waals surface area contributed by atoms with Crippen molar-refractivity contribution >= 4 is 11.7 Å². The highest BCUT2D eigenvalue weighted by Crippen LogP contribution is 2.33. The predicted octanol–water partition coefficient (Wildman–Crippen LogP) is 3.46. The molecule has 3 nitrogen and oxygen atoms in total. The molecule has 0 bridgehead atoms. The van der Waals surface area contributed by atoms with Crippen molar-refractivity contribution in [2.75, 3.05) is 11.9 Å². The number of para-hydroxylation sites is 1. The minimum atomic E-state index is -0.0839. The average molecular weight is 259 g/mol. The highest BCUT2D eigenvalue weighted by Gasteiger charge is 2.29. The van der Waals surface area contributed by atoms with Crippen LogP contribution in [0.25, 0.3) is 0 Å². The normalized spacial score (nSPS) is 23.3. The Labute approximate surface area is 114 Å². The molecule has 1 unspecified atom stereocenters. The zero-order valence-electron chi connectivity index (χ0n) is 11.2. The number of nitrogens with one attached hydrogen (secondary N) is 1. The first-order valence-corrected chi connectivity index (χ1v) is 7.38. The van der Waals surface area contributed by atoms with Gasteiger partial charge in [0.2, 0.25) is 0 Å². The Bertz CT molecular complexity index is 452. The Morgan fingerprint density at radius 1 is 1.11 bits per heavy atom. The van der Waals surface area contributed by atoms with Crippen molar-refractivity contribution in [2.45, 2.75) is 50.5 Å². The molecule has 1 aliphatic heterocycles. The van der Waals surface area contributed by atoms with Gasteiger partial charge in [-0.1, -0.05) is 24.6 Å². The summed E-state index contributed by atoms with van der Waals surface area (Å²) in [6, 6.07) is 8.07. The van der Waals surface area contributed by atoms with Gasteiger partial charge in [-0.15, -0.1) is 0 Å². The van der Waals surface area contributed by atoms with Crippen LogP contribution >= 0.6 is 0 Å². The van der Waals surface area contributed by atoms with Gasteiger partial charge < -0.3 is 10.1 Å². The SMILES string of the molecule is O=C(OC1CCCCC1)C1CCNc2ccccc21. The quantitative estimate of drug-likeness (QED) is 0.827. The van der Waals surface area contributed by atoms with Crippen LogP contribution in [0.1, 0.15) is 50.0 Å². The number of carbonyl (C=O) groups is 1. The molecule has 1 aromatic rings. The van der Waals surface area contributed by atoms with Crippen molar-refractivity contribution in [1.29, 1.82) is 0 Å². The van der Waals surface area contributed by atoms with E-state index in [0.29, 0.717) is 0 Å². The van der Waals surface area contributed by atoms with Crippen LogP contribution in [-0.4, -0.2) is 18.6 Å². The van der Waals surface area contributed by atoms with Gasteiger partial charge in [-0.05, 0) is 43.7 Å². The Hall–Kier alpha value is -1.51. The van der Waals surface area contributed by atoms with Gasteiger partial charge >= 0.3 is 5.97 Å². The number of esters is 1. The molecule has 3 heteroatoms. The summed E-state index contributed by atoms with van der Waals surface area (Å²) in [6.07, 6.45) is 6.74. The fourth-order valence-electron chi connectivity index (χ4n) is 3.14. The average Bonchev–Trinajstić information content (AvgIpc) is 2.47. The van der Waals surface area contributed by atoms with E-state index < -0.39 is 0 Å². The maximum absolute atomic E-state index is 12.4. The molecule has 2 aliphatic rings. The van der Waals surface area contributed by atoms with Crippen LogP contribution < -0.4 is 5.32 Å². The van der Waals surface area contributed by atoms with Gasteiger partial charge in [-0.25, -0.2) is 0 Å². The van der Waals surface area contributed by atoms with E-state index in [1.807, 2.05) is 24.3 Å². The van der Waals surface area contributed by atoms with E-state index in [1.165, 1.54) is 19.3 Å². The minimum absolute atomic E-state index is 0.0270. The molecule has 1 heterocycles. The van der Waals surface area contributed by atoms with Crippen molar-refractivity contribution in [3.8, 4) is 0 Å². The molecule has 1 saturated carbocycles. The summed E-state index contributed by atoms with van der Waals surface area (Å²) in [4.78, 5) is 12.4. The number of anilines is 1. The molecule has 1 N–H and O–H groups in total. The third-order valence-corrected chi connectivity index (χ3v) is 4.20. The summed E-state index contributed by atoms with van der Waals surface area (Å²) in [5.41, 5.74) is 2.17. The Morgan fingerprint density at radius 3 is 2.74 bits per heavy atom. The van der Waals surface area contributed by atoms with E-state index in [2.05, 4.69) is 5.32 Å². The van der Waals surface area contributed by atoms with E-state index in [1.54, 1.807) is 0 Å². The molecule has 0 radical (unpaired) electrons. The molecule has 0 aromatic heterocycles. The van der Waals surface area contributed by atoms with Crippen LogP contribution in [0.4, 0.5) is 5.69 Å². The smallest absolute Gasteiger partial charge is 0.313 e. The molecule has 1 fully saturated rings. The molecule has 0 spiro atoms. The van der Waals surface area contributed by atoms with E-state index >= 15 is 0 Å². The fourth-order valence-corrected chi connectivity index (χ4v) is 3.14. The summed E-state index contributed by atoms with van der Waals surface area (Å²) in [5.74, 6) is -0.111. The van der Waals surface area contributed by atoms with Crippen LogP contribution in [0.15, 0.2) is 24.3 Å². The van der Waals surface area contributed by atoms with Crippen LogP contribution in [0.3, 0.4) is 0 Å². The number of hydrogen-bond donors (Lipinski definition) is 1. The third kappa shape index (κ3) is 2.75. The van der Waals surface area contributed by atoms with Crippen molar-refractivity contribution in [3.05, 3.63) is 29.8 Å². The maximum atomic E-state index is 12.4. The second kappa shape index (κ2) is 5.64. The van der Waals surface area contributed by atoms with E-state index in [4.69, 9.17) is 4.74 Å². The van der Waals surface area contributed by atoms with Crippen molar-refractivity contribution in [3.63, 3.8) is 0 Å². The van der Waals surface area contributed by atoms with Crippen LogP contribution in [0.5, 0.6) is 0 Å². The number of carbonyl (C=O) groups excluding carboxylic acids is 1. The van der Waals surface area contributed by atoms with Gasteiger partial charge in [0.1, 0.15) is 6.10 Å². The number of rotatable bonds is 2. The standard InChI is InChI=1S/C16H21NO2/c18-16(19-12-6-2-1-3-7-12)14-10-11-17-15-9-5-4-8-13(14)15/h4-5,8-9,12,14,17H,1-3,6-7,10-11H2. The molecular formula is C16H21NO2. The van der Waals surface area contributed by atoms with Gasteiger partial charge in [0, 0.05) is 12.2 Å². The lowest BCUT2D eigenvalue weighted by atomic mass is 9.91. The number of fused-ring (bicyclic) bond motifs is 1. The first-order chi connectivity index (χ1) is 9.34. The Morgan fingerprint density at radius 2 is 1.89 bits per heavy atom. The molecule has 0 saturated heterocycles. The molecule has 0 amide bonds. The molecule has 1 aromatic carbocycles. The molecule has 3 rings (SSSR count). The zero-order chi connectivity index (χ0) is 13.1. The van der Waals surface area contributed by atoms with Crippen LogP contribution in [0, 0.1) is 0 Å². The maximum Gasteiger partial charge on any atom is 0.313 e. The van der Waals surface area contributed by atoms with E-state index in [0.717, 1.165) is 37.1 Å². The lowest BCUT2D eigenvalue weighted by Gasteiger charge is -2.28. The summed E-state index contributed by atoms with van der Waals surface area (Å²) in [5, 5.41) is 3.34. The van der Waals surface area contributed by atoms with E-state index in [-0.39, 0.29) is 18.0 Å². The van der Waals surface area contributed by atoms with Gasteiger partial charge in [0.25, 0.3) is 0 Å². The van der Waals surface area contributed by atoms with Crippen molar-refractivity contribution < 1.29 is 9.53 Å². The van der Waals surface area contributed by atoms with E-state index in [9.17, 15) is 4.79 Å². The number of benzene rings is 1. The van der Waals surface area contributed by atoms with Gasteiger partial charge in [-0.3, -0.25) is 4.79 Å². The van der Waals surface area contributed by atoms with Crippen molar-refractivity contribution in [1.82, 2.24) is 0 Å². The third-order valence-electron chi connectivity index (χ3n) is 4.20. The van der Waals surface area contributed by atoms with Crippen LogP contribution in [-0.2, 0) is 9.53 Å². The fraction of sp³-hybridized carbons (Fsp3) is 0.562. The first kappa shape index (κ1) is 12.5. The highest BCUT2D eigenvalue weighted by molar-refractivity contribution is 5.81. The first-order valence-electron chi connectivity index (χ1n) is 7.38. The Kier molecular flexibility index (Phi) is 3.72. The lowest BCUT2D eigenvalue weighted by molar-refractivity contribution is -0.152. The number of ether oxygens (including phenoxy) is 1. The second-order valence-electron chi connectivity index (χ2n) is 5.55. The summed E-state index contributed by atoms with van der Waals surface area (Å²) < 4.78 is 5.72. The van der Waals surface area contributed by atoms with Crippen molar-refractivity contribution in [2.24, 2.45) is 0 Å². The minimum Gasteiger partial charge on any atom is -0.462 e. The highest BCUT2D eigenvalue weighted by atomic mass is 16.5. The number of hydrogen-bond acceptors (Lipinski definition) is 3. The molecule has 1 aliphatic carbocycles. The predicted molar refractivity (Wildman–Crippen MR) is 75.3 cm³/mol. The largest absolute Gasteiger partial charge is 0.462 e. The second-order valence-corrected chi connectivity index (χ2v) is 5.55. The van der Waals surface area contributed by atoms with Gasteiger partial charge in [0.05, 0.1) is 5.92 Å². The topological polar surface area (TPSA) is 38.3 Å². The molecule has 102 valence electrons. The van der Waals surface area contributed by atoms with Crippen LogP contribution in [0.2, 0.25) is 0 Å². The summed E-state index contributed by atoms with van der Waals surface area (Å²) in [6.45, 7) is 0.849. The molecular weight excluding hydrogens is 238 g/mol. The van der Waals surface area contributed by atoms with Gasteiger partial charge in [-0.2, -0.15) is 0 Å². The molecule has 1 atom stereocenters. The summed E-state index contributed by atoms with van der Waals surface area (Å²) >= 11 is 0.